The average molecular weight is 879 g/mol. The maximum Gasteiger partial charge on any atom is 0.0702 e. The van der Waals surface area contributed by atoms with E-state index in [4.69, 9.17) is 0 Å². The van der Waals surface area contributed by atoms with Crippen LogP contribution in [0.15, 0.2) is 279 Å². The third kappa shape index (κ3) is 6.72. The lowest BCUT2D eigenvalue weighted by molar-refractivity contribution is 0.744. The normalized spacial score (nSPS) is 11.8. The molecule has 0 fully saturated rings. The number of fused-ring (bicyclic) bond motifs is 6. The van der Waals surface area contributed by atoms with Crippen molar-refractivity contribution in [1.29, 1.82) is 0 Å². The van der Waals surface area contributed by atoms with Crippen LogP contribution < -0.4 is 0 Å². The van der Waals surface area contributed by atoms with Crippen molar-refractivity contribution in [3.8, 4) is 44.8 Å². The number of hydrogen-bond donors (Lipinski definition) is 0. The molecule has 0 spiro atoms. The van der Waals surface area contributed by atoms with Crippen LogP contribution in [0.1, 0.15) is 22.3 Å². The van der Waals surface area contributed by atoms with Gasteiger partial charge in [-0.05, 0) is 128 Å². The Labute approximate surface area is 402 Å². The second-order valence-corrected chi connectivity index (χ2v) is 18.1. The van der Waals surface area contributed by atoms with Gasteiger partial charge in [-0.15, -0.1) is 0 Å². The molecule has 2 nitrogen and oxygen atoms in total. The number of nitrogens with zero attached hydrogens (tertiary/aromatic N) is 2. The molecule has 13 aromatic rings. The van der Waals surface area contributed by atoms with Crippen LogP contribution in [0.2, 0.25) is 0 Å². The minimum absolute atomic E-state index is 0.653. The molecule has 0 unspecified atom stereocenters. The lowest BCUT2D eigenvalue weighted by Gasteiger charge is -2.37. The quantitative estimate of drug-likeness (QED) is 0.128. The van der Waals surface area contributed by atoms with Crippen LogP contribution in [0.5, 0.6) is 0 Å². The fourth-order valence-corrected chi connectivity index (χ4v) is 11.1. The molecule has 0 aliphatic rings. The average Bonchev–Trinajstić information content (AvgIpc) is 3.95. The summed E-state index contributed by atoms with van der Waals surface area (Å²) in [7, 11) is 0. The van der Waals surface area contributed by atoms with Gasteiger partial charge in [0.05, 0.1) is 27.5 Å². The van der Waals surface area contributed by atoms with Gasteiger partial charge in [0.1, 0.15) is 0 Å². The third-order valence-electron chi connectivity index (χ3n) is 14.2. The zero-order valence-electron chi connectivity index (χ0n) is 38.0. The second-order valence-electron chi connectivity index (χ2n) is 18.1. The fourth-order valence-electron chi connectivity index (χ4n) is 11.1. The number of aromatic nitrogens is 2. The first-order valence-electron chi connectivity index (χ1n) is 23.8. The predicted molar refractivity (Wildman–Crippen MR) is 290 cm³/mol. The maximum atomic E-state index is 2.46. The molecule has 0 saturated carbocycles. The summed E-state index contributed by atoms with van der Waals surface area (Å²) >= 11 is 0. The van der Waals surface area contributed by atoms with Crippen molar-refractivity contribution in [3.63, 3.8) is 0 Å². The molecule has 0 N–H and O–H groups in total. The summed E-state index contributed by atoms with van der Waals surface area (Å²) in [4.78, 5) is 0. The van der Waals surface area contributed by atoms with Gasteiger partial charge in [-0.2, -0.15) is 0 Å². The van der Waals surface area contributed by atoms with Crippen molar-refractivity contribution in [2.75, 3.05) is 0 Å². The molecular weight excluding hydrogens is 833 g/mol. The Bertz CT molecular complexity index is 3950. The van der Waals surface area contributed by atoms with Crippen LogP contribution in [-0.4, -0.2) is 9.13 Å². The van der Waals surface area contributed by atoms with Gasteiger partial charge in [-0.25, -0.2) is 0 Å². The van der Waals surface area contributed by atoms with E-state index in [0.29, 0.717) is 0 Å². The second kappa shape index (κ2) is 16.7. The number of benzene rings is 11. The summed E-state index contributed by atoms with van der Waals surface area (Å²) in [6, 6.07) is 102. The molecule has 2 heterocycles. The molecule has 324 valence electrons. The van der Waals surface area contributed by atoms with Crippen molar-refractivity contribution >= 4 is 43.6 Å². The molecule has 0 saturated heterocycles. The molecular formula is C67H46N2. The number of hydrogen-bond acceptors (Lipinski definition) is 0. The summed E-state index contributed by atoms with van der Waals surface area (Å²) in [5, 5.41) is 4.95. The highest BCUT2D eigenvalue weighted by Crippen LogP contribution is 2.47. The number of rotatable bonds is 9. The topological polar surface area (TPSA) is 9.86 Å². The summed E-state index contributed by atoms with van der Waals surface area (Å²) in [5.41, 5.74) is 18.4. The summed E-state index contributed by atoms with van der Waals surface area (Å²) in [6.45, 7) is 0. The van der Waals surface area contributed by atoms with Crippen molar-refractivity contribution in [2.24, 2.45) is 0 Å². The van der Waals surface area contributed by atoms with Crippen LogP contribution in [0.4, 0.5) is 0 Å². The third-order valence-corrected chi connectivity index (χ3v) is 14.2. The molecule has 0 aliphatic carbocycles. The first-order chi connectivity index (χ1) is 34.2. The van der Waals surface area contributed by atoms with Crippen molar-refractivity contribution in [2.45, 2.75) is 5.41 Å². The summed E-state index contributed by atoms with van der Waals surface area (Å²) in [6.07, 6.45) is 0. The summed E-state index contributed by atoms with van der Waals surface area (Å²) in [5.74, 6) is 0. The van der Waals surface area contributed by atoms with Gasteiger partial charge in [0, 0.05) is 32.9 Å². The Morgan fingerprint density at radius 3 is 1.14 bits per heavy atom. The smallest absolute Gasteiger partial charge is 0.0702 e. The molecule has 0 amide bonds. The van der Waals surface area contributed by atoms with Gasteiger partial charge in [-0.1, -0.05) is 206 Å². The van der Waals surface area contributed by atoms with Gasteiger partial charge >= 0.3 is 0 Å². The highest BCUT2D eigenvalue weighted by molar-refractivity contribution is 6.12. The zero-order chi connectivity index (χ0) is 45.7. The molecule has 2 aromatic heterocycles. The molecule has 0 radical (unpaired) electrons. The standard InChI is InChI=1S/C67H46N2/c1-5-20-47(21-6-1)48-22-17-23-49(42-48)50-24-18-29-55(43-50)67(53-25-7-2-8-26-53,54-27-9-3-10-28-54)56-30-19-33-58(46-56)69-64-37-16-14-35-60(64)62-45-52(39-41-66(62)69)51-38-40-65-61(44-51)59-34-13-15-36-63(59)68(65)57-31-11-4-12-32-57/h1-46H. The van der Waals surface area contributed by atoms with Crippen LogP contribution in [0, 0.1) is 0 Å². The van der Waals surface area contributed by atoms with E-state index in [9.17, 15) is 0 Å². The molecule has 11 aromatic carbocycles. The molecule has 13 rings (SSSR count). The monoisotopic (exact) mass is 878 g/mol. The summed E-state index contributed by atoms with van der Waals surface area (Å²) < 4.78 is 4.84. The molecule has 69 heavy (non-hydrogen) atoms. The Morgan fingerprint density at radius 1 is 0.203 bits per heavy atom. The van der Waals surface area contributed by atoms with Gasteiger partial charge in [0.2, 0.25) is 0 Å². The van der Waals surface area contributed by atoms with Gasteiger partial charge in [0.15, 0.2) is 0 Å². The van der Waals surface area contributed by atoms with E-state index in [1.54, 1.807) is 0 Å². The predicted octanol–water partition coefficient (Wildman–Crippen LogP) is 17.3. The minimum atomic E-state index is -0.653. The van der Waals surface area contributed by atoms with Crippen LogP contribution in [0.3, 0.4) is 0 Å². The van der Waals surface area contributed by atoms with Gasteiger partial charge in [-0.3, -0.25) is 0 Å². The van der Waals surface area contributed by atoms with Crippen molar-refractivity contribution in [1.82, 2.24) is 9.13 Å². The van der Waals surface area contributed by atoms with Crippen molar-refractivity contribution in [3.05, 3.63) is 301 Å². The first kappa shape index (κ1) is 40.3. The largest absolute Gasteiger partial charge is 0.309 e. The number of para-hydroxylation sites is 3. The van der Waals surface area contributed by atoms with Crippen LogP contribution in [-0.2, 0) is 5.41 Å². The SMILES string of the molecule is c1ccc(-c2cccc(-c3cccc(C(c4ccccc4)(c4ccccc4)c4cccc(-n5c6ccccc6c6cc(-c7ccc8c(c7)c7ccccc7n8-c7ccccc7)ccc65)c4)c3)c2)cc1. The molecule has 0 aliphatic heterocycles. The van der Waals surface area contributed by atoms with E-state index in [2.05, 4.69) is 288 Å². The van der Waals surface area contributed by atoms with E-state index in [0.717, 1.165) is 11.4 Å². The molecule has 0 atom stereocenters. The minimum Gasteiger partial charge on any atom is -0.309 e. The lowest BCUT2D eigenvalue weighted by atomic mass is 9.65. The van der Waals surface area contributed by atoms with E-state index in [1.807, 2.05) is 0 Å². The van der Waals surface area contributed by atoms with E-state index >= 15 is 0 Å². The van der Waals surface area contributed by atoms with Gasteiger partial charge in [0.25, 0.3) is 0 Å². The highest BCUT2D eigenvalue weighted by atomic mass is 15.0. The van der Waals surface area contributed by atoms with Crippen molar-refractivity contribution < 1.29 is 0 Å². The molecule has 2 heteroatoms. The van der Waals surface area contributed by atoms with E-state index < -0.39 is 5.41 Å². The lowest BCUT2D eigenvalue weighted by Crippen LogP contribution is -2.31. The first-order valence-corrected chi connectivity index (χ1v) is 23.8. The van der Waals surface area contributed by atoms with E-state index in [-0.39, 0.29) is 0 Å². The van der Waals surface area contributed by atoms with Gasteiger partial charge < -0.3 is 9.13 Å². The van der Waals surface area contributed by atoms with Crippen LogP contribution >= 0.6 is 0 Å². The zero-order valence-corrected chi connectivity index (χ0v) is 38.0. The molecule has 0 bridgehead atoms. The maximum absolute atomic E-state index is 2.46. The Hall–Kier alpha value is -8.98. The highest BCUT2D eigenvalue weighted by Gasteiger charge is 2.39. The Morgan fingerprint density at radius 2 is 0.565 bits per heavy atom. The van der Waals surface area contributed by atoms with Crippen LogP contribution in [0.25, 0.3) is 88.4 Å². The Balaban J connectivity index is 0.980. The van der Waals surface area contributed by atoms with E-state index in [1.165, 1.54) is 99.2 Å². The fraction of sp³-hybridized carbons (Fsp3) is 0.0149. The Kier molecular flexibility index (Phi) is 9.77.